The number of hydrogen-bond acceptors (Lipinski definition) is 3. The van der Waals surface area contributed by atoms with Gasteiger partial charge < -0.3 is 15.2 Å². The first kappa shape index (κ1) is 10.5. The fraction of sp³-hybridized carbons (Fsp3) is 0.300. The molecule has 4 heteroatoms. The third kappa shape index (κ3) is 3.06. The van der Waals surface area contributed by atoms with Gasteiger partial charge in [0, 0.05) is 13.7 Å². The number of aliphatic hydroxyl groups is 1. The van der Waals surface area contributed by atoms with Gasteiger partial charge in [-0.15, -0.1) is 0 Å². The first-order valence-corrected chi connectivity index (χ1v) is 4.35. The average Bonchev–Trinajstić information content (AvgIpc) is 2.21. The number of amides is 1. The van der Waals surface area contributed by atoms with Gasteiger partial charge in [-0.2, -0.15) is 0 Å². The van der Waals surface area contributed by atoms with Crippen LogP contribution in [0.2, 0.25) is 0 Å². The Balaban J connectivity index is 2.59. The molecule has 14 heavy (non-hydrogen) atoms. The summed E-state index contributed by atoms with van der Waals surface area (Å²) in [6.45, 7) is 0.121. The first-order chi connectivity index (χ1) is 6.76. The minimum atomic E-state index is -0.486. The van der Waals surface area contributed by atoms with Gasteiger partial charge >= 0.3 is 6.09 Å². The molecule has 0 fully saturated rings. The van der Waals surface area contributed by atoms with Crippen molar-refractivity contribution in [1.29, 1.82) is 0 Å². The van der Waals surface area contributed by atoms with Gasteiger partial charge in [-0.3, -0.25) is 0 Å². The summed E-state index contributed by atoms with van der Waals surface area (Å²) in [5, 5.41) is 11.0. The Bertz CT molecular complexity index is 295. The monoisotopic (exact) mass is 195 g/mol. The van der Waals surface area contributed by atoms with Gasteiger partial charge in [-0.05, 0) is 24.1 Å². The van der Waals surface area contributed by atoms with E-state index in [1.807, 2.05) is 12.1 Å². The molecule has 1 amide bonds. The molecule has 4 nitrogen and oxygen atoms in total. The molecule has 0 radical (unpaired) electrons. The van der Waals surface area contributed by atoms with Gasteiger partial charge in [0.25, 0.3) is 0 Å². The summed E-state index contributed by atoms with van der Waals surface area (Å²) in [7, 11) is 1.50. The molecule has 0 atom stereocenters. The predicted octanol–water partition coefficient (Wildman–Crippen LogP) is 0.940. The molecule has 0 aliphatic heterocycles. The van der Waals surface area contributed by atoms with Crippen molar-refractivity contribution in [1.82, 2.24) is 5.32 Å². The van der Waals surface area contributed by atoms with Crippen LogP contribution < -0.4 is 10.1 Å². The van der Waals surface area contributed by atoms with Crippen LogP contribution in [0.3, 0.4) is 0 Å². The van der Waals surface area contributed by atoms with Crippen LogP contribution in [0.4, 0.5) is 4.79 Å². The second-order valence-corrected chi connectivity index (χ2v) is 2.76. The van der Waals surface area contributed by atoms with E-state index >= 15 is 0 Å². The highest BCUT2D eigenvalue weighted by atomic mass is 16.5. The second kappa shape index (κ2) is 5.24. The zero-order valence-corrected chi connectivity index (χ0v) is 7.99. The highest BCUT2D eigenvalue weighted by Gasteiger charge is 2.00. The van der Waals surface area contributed by atoms with Crippen molar-refractivity contribution < 1.29 is 14.6 Å². The molecular weight excluding hydrogens is 182 g/mol. The highest BCUT2D eigenvalue weighted by molar-refractivity contribution is 5.69. The summed E-state index contributed by atoms with van der Waals surface area (Å²) >= 11 is 0. The molecule has 0 heterocycles. The summed E-state index contributed by atoms with van der Waals surface area (Å²) in [5.41, 5.74) is 1.01. The lowest BCUT2D eigenvalue weighted by molar-refractivity contribution is 0.203. The van der Waals surface area contributed by atoms with E-state index < -0.39 is 6.09 Å². The SMILES string of the molecule is CNC(=O)Oc1ccc(CCO)cc1. The summed E-state index contributed by atoms with van der Waals surface area (Å²) in [6, 6.07) is 7.02. The minimum absolute atomic E-state index is 0.121. The van der Waals surface area contributed by atoms with Gasteiger partial charge in [-0.25, -0.2) is 4.79 Å². The largest absolute Gasteiger partial charge is 0.412 e. The molecule has 0 aliphatic carbocycles. The Hall–Kier alpha value is -1.55. The molecule has 0 aliphatic rings. The first-order valence-electron chi connectivity index (χ1n) is 4.35. The smallest absolute Gasteiger partial charge is 0.410 e. The summed E-state index contributed by atoms with van der Waals surface area (Å²) in [4.78, 5) is 10.8. The van der Waals surface area contributed by atoms with Crippen molar-refractivity contribution in [2.75, 3.05) is 13.7 Å². The van der Waals surface area contributed by atoms with E-state index in [0.717, 1.165) is 5.56 Å². The van der Waals surface area contributed by atoms with E-state index in [1.54, 1.807) is 12.1 Å². The molecular formula is C10H13NO3. The molecule has 1 aromatic rings. The lowest BCUT2D eigenvalue weighted by Gasteiger charge is -2.03. The van der Waals surface area contributed by atoms with Gasteiger partial charge in [0.15, 0.2) is 0 Å². The summed E-state index contributed by atoms with van der Waals surface area (Å²) in [5.74, 6) is 0.492. The lowest BCUT2D eigenvalue weighted by Crippen LogP contribution is -2.21. The molecule has 0 saturated heterocycles. The maximum absolute atomic E-state index is 10.8. The molecule has 1 rings (SSSR count). The van der Waals surface area contributed by atoms with Crippen molar-refractivity contribution in [2.24, 2.45) is 0 Å². The third-order valence-corrected chi connectivity index (χ3v) is 1.74. The number of aliphatic hydroxyl groups excluding tert-OH is 1. The highest BCUT2D eigenvalue weighted by Crippen LogP contribution is 2.12. The van der Waals surface area contributed by atoms with Crippen LogP contribution in [-0.4, -0.2) is 24.9 Å². The topological polar surface area (TPSA) is 58.6 Å². The van der Waals surface area contributed by atoms with E-state index in [9.17, 15) is 4.79 Å². The average molecular weight is 195 g/mol. The van der Waals surface area contributed by atoms with Crippen molar-refractivity contribution in [3.63, 3.8) is 0 Å². The standard InChI is InChI=1S/C10H13NO3/c1-11-10(13)14-9-4-2-8(3-5-9)6-7-12/h2-5,12H,6-7H2,1H3,(H,11,13). The fourth-order valence-electron chi connectivity index (χ4n) is 1.01. The van der Waals surface area contributed by atoms with Gasteiger partial charge in [0.05, 0.1) is 0 Å². The molecule has 0 bridgehead atoms. The molecule has 0 spiro atoms. The zero-order chi connectivity index (χ0) is 10.4. The van der Waals surface area contributed by atoms with Crippen LogP contribution in [0.25, 0.3) is 0 Å². The van der Waals surface area contributed by atoms with Crippen LogP contribution in [0.1, 0.15) is 5.56 Å². The van der Waals surface area contributed by atoms with Crippen LogP contribution >= 0.6 is 0 Å². The predicted molar refractivity (Wildman–Crippen MR) is 52.3 cm³/mol. The summed E-state index contributed by atoms with van der Waals surface area (Å²) in [6.07, 6.45) is 0.125. The number of rotatable bonds is 3. The maximum Gasteiger partial charge on any atom is 0.412 e. The zero-order valence-electron chi connectivity index (χ0n) is 7.99. The van der Waals surface area contributed by atoms with Crippen LogP contribution in [0.15, 0.2) is 24.3 Å². The number of hydrogen-bond donors (Lipinski definition) is 2. The second-order valence-electron chi connectivity index (χ2n) is 2.76. The molecule has 1 aromatic carbocycles. The van der Waals surface area contributed by atoms with Crippen molar-refractivity contribution in [3.8, 4) is 5.75 Å². The fourth-order valence-corrected chi connectivity index (χ4v) is 1.01. The Morgan fingerprint density at radius 1 is 1.43 bits per heavy atom. The lowest BCUT2D eigenvalue weighted by atomic mass is 10.1. The molecule has 2 N–H and O–H groups in total. The Morgan fingerprint density at radius 3 is 2.57 bits per heavy atom. The van der Waals surface area contributed by atoms with E-state index in [-0.39, 0.29) is 6.61 Å². The van der Waals surface area contributed by atoms with E-state index in [0.29, 0.717) is 12.2 Å². The Kier molecular flexibility index (Phi) is 3.94. The Labute approximate surface area is 82.5 Å². The van der Waals surface area contributed by atoms with Gasteiger partial charge in [0.2, 0.25) is 0 Å². The third-order valence-electron chi connectivity index (χ3n) is 1.74. The van der Waals surface area contributed by atoms with Crippen LogP contribution in [0.5, 0.6) is 5.75 Å². The van der Waals surface area contributed by atoms with Crippen molar-refractivity contribution in [2.45, 2.75) is 6.42 Å². The Morgan fingerprint density at radius 2 is 2.07 bits per heavy atom. The minimum Gasteiger partial charge on any atom is -0.410 e. The molecule has 0 aromatic heterocycles. The van der Waals surface area contributed by atoms with Gasteiger partial charge in [0.1, 0.15) is 5.75 Å². The number of nitrogens with one attached hydrogen (secondary N) is 1. The van der Waals surface area contributed by atoms with E-state index in [2.05, 4.69) is 5.32 Å². The number of carbonyl (C=O) groups excluding carboxylic acids is 1. The normalized spacial score (nSPS) is 9.57. The quantitative estimate of drug-likeness (QED) is 0.754. The van der Waals surface area contributed by atoms with E-state index in [4.69, 9.17) is 9.84 Å². The van der Waals surface area contributed by atoms with Crippen molar-refractivity contribution >= 4 is 6.09 Å². The maximum atomic E-state index is 10.8. The number of benzene rings is 1. The molecule has 76 valence electrons. The molecule has 0 saturated carbocycles. The van der Waals surface area contributed by atoms with Gasteiger partial charge in [-0.1, -0.05) is 12.1 Å². The van der Waals surface area contributed by atoms with Crippen LogP contribution in [0, 0.1) is 0 Å². The van der Waals surface area contributed by atoms with E-state index in [1.165, 1.54) is 7.05 Å². The summed E-state index contributed by atoms with van der Waals surface area (Å²) < 4.78 is 4.88. The van der Waals surface area contributed by atoms with Crippen LogP contribution in [-0.2, 0) is 6.42 Å². The molecule has 0 unspecified atom stereocenters. The van der Waals surface area contributed by atoms with Crippen molar-refractivity contribution in [3.05, 3.63) is 29.8 Å². The number of ether oxygens (including phenoxy) is 1. The number of carbonyl (C=O) groups is 1.